The molecule has 8 heteroatoms. The minimum absolute atomic E-state index is 0.539. The maximum Gasteiger partial charge on any atom is 0.165 e. The fourth-order valence-corrected chi connectivity index (χ4v) is 1.23. The second-order valence-electron chi connectivity index (χ2n) is 2.92. The summed E-state index contributed by atoms with van der Waals surface area (Å²) in [6.07, 6.45) is -6.76. The van der Waals surface area contributed by atoms with Crippen molar-refractivity contribution in [2.75, 3.05) is 6.61 Å². The Morgan fingerprint density at radius 3 is 2.36 bits per heavy atom. The number of hydrogen-bond donors (Lipinski definition) is 4. The van der Waals surface area contributed by atoms with E-state index in [9.17, 15) is 15.3 Å². The van der Waals surface area contributed by atoms with E-state index in [2.05, 4.69) is 10.0 Å². The van der Waals surface area contributed by atoms with Crippen molar-refractivity contribution in [3.8, 4) is 0 Å². The maximum atomic E-state index is 9.27. The molecule has 1 aliphatic heterocycles. The normalized spacial score (nSPS) is 43.0. The van der Waals surface area contributed by atoms with Gasteiger partial charge in [0, 0.05) is 4.91 Å². The van der Waals surface area contributed by atoms with E-state index in [4.69, 9.17) is 15.4 Å². The quantitative estimate of drug-likeness (QED) is 0.237. The fraction of sp³-hybridized carbons (Fsp3) is 1.00. The lowest BCUT2D eigenvalue weighted by atomic mass is 9.99. The third-order valence-corrected chi connectivity index (χ3v) is 2.03. The molecule has 1 heterocycles. The van der Waals surface area contributed by atoms with Gasteiger partial charge >= 0.3 is 0 Å². The zero-order chi connectivity index (χ0) is 10.7. The highest BCUT2D eigenvalue weighted by molar-refractivity contribution is 4.90. The molecule has 1 rings (SSSR count). The van der Waals surface area contributed by atoms with Crippen molar-refractivity contribution < 1.29 is 25.2 Å². The zero-order valence-corrected chi connectivity index (χ0v) is 7.13. The molecule has 4 N–H and O–H groups in total. The first kappa shape index (κ1) is 11.2. The van der Waals surface area contributed by atoms with Crippen LogP contribution in [0.5, 0.6) is 0 Å². The van der Waals surface area contributed by atoms with Gasteiger partial charge in [0.05, 0.1) is 6.61 Å². The summed E-state index contributed by atoms with van der Waals surface area (Å²) in [6.45, 7) is -0.539. The predicted molar refractivity (Wildman–Crippen MR) is 42.9 cm³/mol. The fourth-order valence-electron chi connectivity index (χ4n) is 1.23. The Hall–Kier alpha value is -0.890. The van der Waals surface area contributed by atoms with Gasteiger partial charge in [0.2, 0.25) is 0 Å². The van der Waals surface area contributed by atoms with Gasteiger partial charge in [-0.05, 0) is 5.53 Å². The number of nitrogens with zero attached hydrogens (tertiary/aromatic N) is 3. The van der Waals surface area contributed by atoms with E-state index in [-0.39, 0.29) is 0 Å². The van der Waals surface area contributed by atoms with Crippen LogP contribution in [0.2, 0.25) is 0 Å². The smallest absolute Gasteiger partial charge is 0.165 e. The molecule has 0 aromatic rings. The highest BCUT2D eigenvalue weighted by Gasteiger charge is 2.42. The standard InChI is InChI=1S/C6H11N3O5/c7-9-8-6-5(13)4(12)3(11)2(1-10)14-6/h2-6,10-13H,1H2/t2-,3-,4-,5+,6+/m1/s1. The molecule has 0 aromatic heterocycles. The van der Waals surface area contributed by atoms with Crippen LogP contribution >= 0.6 is 0 Å². The molecule has 80 valence electrons. The second kappa shape index (κ2) is 4.56. The number of rotatable bonds is 2. The van der Waals surface area contributed by atoms with Crippen molar-refractivity contribution in [3.63, 3.8) is 0 Å². The second-order valence-corrected chi connectivity index (χ2v) is 2.92. The summed E-state index contributed by atoms with van der Waals surface area (Å²) in [4.78, 5) is 2.40. The first-order chi connectivity index (χ1) is 6.61. The van der Waals surface area contributed by atoms with Gasteiger partial charge in [-0.1, -0.05) is 5.11 Å². The molecular weight excluding hydrogens is 194 g/mol. The number of hydrogen-bond acceptors (Lipinski definition) is 6. The number of aliphatic hydroxyl groups is 4. The highest BCUT2D eigenvalue weighted by Crippen LogP contribution is 2.21. The van der Waals surface area contributed by atoms with Crippen LogP contribution in [-0.4, -0.2) is 57.7 Å². The highest BCUT2D eigenvalue weighted by atomic mass is 16.6. The summed E-state index contributed by atoms with van der Waals surface area (Å²) >= 11 is 0. The molecule has 0 aliphatic carbocycles. The lowest BCUT2D eigenvalue weighted by Crippen LogP contribution is -2.57. The van der Waals surface area contributed by atoms with Gasteiger partial charge in [0.1, 0.15) is 24.4 Å². The van der Waals surface area contributed by atoms with Crippen LogP contribution in [0.4, 0.5) is 0 Å². The van der Waals surface area contributed by atoms with Crippen LogP contribution in [0.3, 0.4) is 0 Å². The predicted octanol–water partition coefficient (Wildman–Crippen LogP) is -1.90. The van der Waals surface area contributed by atoms with Crippen LogP contribution in [0.25, 0.3) is 10.4 Å². The Balaban J connectivity index is 2.77. The van der Waals surface area contributed by atoms with Gasteiger partial charge in [-0.25, -0.2) is 0 Å². The molecule has 0 bridgehead atoms. The summed E-state index contributed by atoms with van der Waals surface area (Å²) < 4.78 is 4.84. The average molecular weight is 205 g/mol. The molecule has 1 aliphatic rings. The van der Waals surface area contributed by atoms with Crippen LogP contribution in [-0.2, 0) is 4.74 Å². The van der Waals surface area contributed by atoms with E-state index in [1.807, 2.05) is 0 Å². The molecule has 0 saturated carbocycles. The summed E-state index contributed by atoms with van der Waals surface area (Å²) in [7, 11) is 0. The average Bonchev–Trinajstić information content (AvgIpc) is 2.19. The zero-order valence-electron chi connectivity index (χ0n) is 7.13. The first-order valence-electron chi connectivity index (χ1n) is 3.96. The molecule has 0 amide bonds. The molecule has 0 unspecified atom stereocenters. The lowest BCUT2D eigenvalue weighted by molar-refractivity contribution is -0.227. The van der Waals surface area contributed by atoms with Crippen molar-refractivity contribution in [1.82, 2.24) is 0 Å². The van der Waals surface area contributed by atoms with E-state index in [0.717, 1.165) is 0 Å². The monoisotopic (exact) mass is 205 g/mol. The topological polar surface area (TPSA) is 139 Å². The summed E-state index contributed by atoms with van der Waals surface area (Å²) in [5.41, 5.74) is 8.11. The molecule has 1 fully saturated rings. The van der Waals surface area contributed by atoms with Crippen LogP contribution in [0.1, 0.15) is 0 Å². The summed E-state index contributed by atoms with van der Waals surface area (Å²) in [5.74, 6) is 0. The molecule has 1 saturated heterocycles. The Bertz CT molecular complexity index is 242. The molecule has 5 atom stereocenters. The van der Waals surface area contributed by atoms with E-state index in [1.165, 1.54) is 0 Å². The van der Waals surface area contributed by atoms with Crippen molar-refractivity contribution >= 4 is 0 Å². The minimum atomic E-state index is -1.50. The van der Waals surface area contributed by atoms with Gasteiger partial charge < -0.3 is 25.2 Å². The first-order valence-corrected chi connectivity index (χ1v) is 3.96. The third-order valence-electron chi connectivity index (χ3n) is 2.03. The van der Waals surface area contributed by atoms with Crippen molar-refractivity contribution in [1.29, 1.82) is 0 Å². The van der Waals surface area contributed by atoms with Crippen molar-refractivity contribution in [3.05, 3.63) is 10.4 Å². The lowest BCUT2D eigenvalue weighted by Gasteiger charge is -2.37. The molecule has 14 heavy (non-hydrogen) atoms. The third kappa shape index (κ3) is 1.95. The Kier molecular flexibility index (Phi) is 3.64. The van der Waals surface area contributed by atoms with Crippen LogP contribution in [0, 0.1) is 0 Å². The minimum Gasteiger partial charge on any atom is -0.394 e. The Morgan fingerprint density at radius 2 is 1.86 bits per heavy atom. The van der Waals surface area contributed by atoms with Crippen molar-refractivity contribution in [2.24, 2.45) is 5.11 Å². The van der Waals surface area contributed by atoms with E-state index >= 15 is 0 Å². The Morgan fingerprint density at radius 1 is 1.21 bits per heavy atom. The van der Waals surface area contributed by atoms with Gasteiger partial charge in [-0.3, -0.25) is 0 Å². The molecule has 0 aromatic carbocycles. The van der Waals surface area contributed by atoms with E-state index in [0.29, 0.717) is 0 Å². The van der Waals surface area contributed by atoms with E-state index in [1.54, 1.807) is 0 Å². The van der Waals surface area contributed by atoms with Gasteiger partial charge in [0.15, 0.2) is 6.23 Å². The molecule has 8 nitrogen and oxygen atoms in total. The van der Waals surface area contributed by atoms with E-state index < -0.39 is 37.3 Å². The SMILES string of the molecule is [N-]=[N+]=N[C@H]1O[C@H](CO)[C@@H](O)[C@@H](O)[C@@H]1O. The number of aliphatic hydroxyl groups excluding tert-OH is 4. The molecular formula is C6H11N3O5. The summed E-state index contributed by atoms with van der Waals surface area (Å²) in [6, 6.07) is 0. The van der Waals surface area contributed by atoms with Gasteiger partial charge in [-0.2, -0.15) is 0 Å². The van der Waals surface area contributed by atoms with Crippen molar-refractivity contribution in [2.45, 2.75) is 30.6 Å². The van der Waals surface area contributed by atoms with Crippen LogP contribution in [0.15, 0.2) is 5.11 Å². The molecule has 0 spiro atoms. The molecule has 0 radical (unpaired) electrons. The van der Waals surface area contributed by atoms with Gasteiger partial charge in [-0.15, -0.1) is 0 Å². The largest absolute Gasteiger partial charge is 0.394 e. The van der Waals surface area contributed by atoms with Gasteiger partial charge in [0.25, 0.3) is 0 Å². The Labute approximate surface area is 79.0 Å². The van der Waals surface area contributed by atoms with Crippen LogP contribution < -0.4 is 0 Å². The summed E-state index contributed by atoms with van der Waals surface area (Å²) in [5, 5.41) is 39.6. The number of ether oxygens (including phenoxy) is 1. The number of azide groups is 1. The maximum absolute atomic E-state index is 9.27.